The van der Waals surface area contributed by atoms with Crippen molar-refractivity contribution in [3.63, 3.8) is 0 Å². The number of thiazole rings is 1. The monoisotopic (exact) mass is 198 g/mol. The minimum atomic E-state index is 0.502. The number of nitrogens with zero attached hydrogens (tertiary/aromatic N) is 1. The smallest absolute Gasteiger partial charge is 0.110 e. The summed E-state index contributed by atoms with van der Waals surface area (Å²) in [6, 6.07) is 0. The van der Waals surface area contributed by atoms with Gasteiger partial charge in [0.25, 0.3) is 0 Å². The van der Waals surface area contributed by atoms with Gasteiger partial charge in [0.15, 0.2) is 0 Å². The van der Waals surface area contributed by atoms with Crippen molar-refractivity contribution in [3.05, 3.63) is 10.7 Å². The molecule has 1 aromatic rings. The number of hydrogen-bond donors (Lipinski definition) is 1. The molecule has 1 unspecified atom stereocenters. The molecular formula is C10H18N2S. The minimum Gasteiger partial charge on any atom is -0.389 e. The third-order valence-corrected chi connectivity index (χ3v) is 3.23. The molecule has 0 aliphatic heterocycles. The van der Waals surface area contributed by atoms with E-state index in [-0.39, 0.29) is 0 Å². The summed E-state index contributed by atoms with van der Waals surface area (Å²) >= 11 is 1.65. The molecule has 3 heteroatoms. The van der Waals surface area contributed by atoms with Crippen LogP contribution < -0.4 is 5.73 Å². The lowest BCUT2D eigenvalue weighted by Crippen LogP contribution is -1.96. The van der Waals surface area contributed by atoms with Crippen LogP contribution in [0.15, 0.2) is 0 Å². The first-order chi connectivity index (χ1) is 6.19. The van der Waals surface area contributed by atoms with Gasteiger partial charge < -0.3 is 5.73 Å². The third kappa shape index (κ3) is 2.44. The van der Waals surface area contributed by atoms with E-state index in [1.807, 2.05) is 0 Å². The highest BCUT2D eigenvalue weighted by atomic mass is 32.1. The van der Waals surface area contributed by atoms with Gasteiger partial charge in [-0.1, -0.05) is 20.8 Å². The second kappa shape index (κ2) is 4.61. The second-order valence-electron chi connectivity index (χ2n) is 3.42. The summed E-state index contributed by atoms with van der Waals surface area (Å²) < 4.78 is 0. The first-order valence-electron chi connectivity index (χ1n) is 4.94. The van der Waals surface area contributed by atoms with E-state index in [0.717, 1.165) is 30.0 Å². The van der Waals surface area contributed by atoms with Crippen LogP contribution in [0.2, 0.25) is 0 Å². The molecule has 0 spiro atoms. The van der Waals surface area contributed by atoms with Crippen LogP contribution in [0.1, 0.15) is 50.2 Å². The van der Waals surface area contributed by atoms with E-state index >= 15 is 0 Å². The van der Waals surface area contributed by atoms with Gasteiger partial charge in [-0.15, -0.1) is 11.3 Å². The average molecular weight is 198 g/mol. The van der Waals surface area contributed by atoms with E-state index in [1.54, 1.807) is 11.3 Å². The molecular weight excluding hydrogens is 180 g/mol. The SMILES string of the molecule is CCCc1nc(C(C)CC)c(N)s1. The van der Waals surface area contributed by atoms with Crippen molar-refractivity contribution in [3.8, 4) is 0 Å². The van der Waals surface area contributed by atoms with Gasteiger partial charge in [-0.2, -0.15) is 0 Å². The predicted molar refractivity (Wildman–Crippen MR) is 59.2 cm³/mol. The summed E-state index contributed by atoms with van der Waals surface area (Å²) in [4.78, 5) is 4.56. The molecule has 0 aliphatic rings. The summed E-state index contributed by atoms with van der Waals surface area (Å²) in [6.45, 7) is 6.52. The molecule has 0 aromatic carbocycles. The number of aromatic nitrogens is 1. The van der Waals surface area contributed by atoms with Crippen LogP contribution in [0.25, 0.3) is 0 Å². The summed E-state index contributed by atoms with van der Waals surface area (Å²) in [7, 11) is 0. The van der Waals surface area contributed by atoms with Crippen molar-refractivity contribution >= 4 is 16.3 Å². The topological polar surface area (TPSA) is 38.9 Å². The van der Waals surface area contributed by atoms with E-state index < -0.39 is 0 Å². The maximum atomic E-state index is 5.90. The predicted octanol–water partition coefficient (Wildman–Crippen LogP) is 3.19. The second-order valence-corrected chi connectivity index (χ2v) is 4.53. The normalized spacial score (nSPS) is 13.2. The standard InChI is InChI=1S/C10H18N2S/c1-4-6-8-12-9(7(3)5-2)10(11)13-8/h7H,4-6,11H2,1-3H3. The van der Waals surface area contributed by atoms with Crippen molar-refractivity contribution in [2.24, 2.45) is 0 Å². The summed E-state index contributed by atoms with van der Waals surface area (Å²) in [5, 5.41) is 2.10. The fourth-order valence-electron chi connectivity index (χ4n) is 1.26. The Morgan fingerprint density at radius 2 is 2.15 bits per heavy atom. The van der Waals surface area contributed by atoms with Gasteiger partial charge in [-0.3, -0.25) is 0 Å². The van der Waals surface area contributed by atoms with Crippen molar-refractivity contribution in [2.45, 2.75) is 46.0 Å². The van der Waals surface area contributed by atoms with Gasteiger partial charge in [-0.25, -0.2) is 4.98 Å². The minimum absolute atomic E-state index is 0.502. The quantitative estimate of drug-likeness (QED) is 0.807. The van der Waals surface area contributed by atoms with E-state index in [0.29, 0.717) is 5.92 Å². The van der Waals surface area contributed by atoms with Crippen molar-refractivity contribution < 1.29 is 0 Å². The van der Waals surface area contributed by atoms with E-state index in [2.05, 4.69) is 25.8 Å². The maximum absolute atomic E-state index is 5.90. The zero-order chi connectivity index (χ0) is 9.84. The number of rotatable bonds is 4. The molecule has 1 atom stereocenters. The Hall–Kier alpha value is -0.570. The molecule has 0 radical (unpaired) electrons. The Labute approximate surface area is 84.2 Å². The van der Waals surface area contributed by atoms with Gasteiger partial charge in [0.05, 0.1) is 10.7 Å². The Balaban J connectivity index is 2.82. The number of hydrogen-bond acceptors (Lipinski definition) is 3. The Morgan fingerprint density at radius 1 is 1.46 bits per heavy atom. The van der Waals surface area contributed by atoms with Crippen LogP contribution in [-0.2, 0) is 6.42 Å². The van der Waals surface area contributed by atoms with Crippen LogP contribution >= 0.6 is 11.3 Å². The van der Waals surface area contributed by atoms with Crippen LogP contribution in [0.5, 0.6) is 0 Å². The zero-order valence-electron chi connectivity index (χ0n) is 8.63. The Kier molecular flexibility index (Phi) is 3.72. The van der Waals surface area contributed by atoms with E-state index in [9.17, 15) is 0 Å². The van der Waals surface area contributed by atoms with Gasteiger partial charge in [0.1, 0.15) is 5.00 Å². The first-order valence-corrected chi connectivity index (χ1v) is 5.75. The third-order valence-electron chi connectivity index (χ3n) is 2.27. The molecule has 1 rings (SSSR count). The van der Waals surface area contributed by atoms with Crippen LogP contribution in [-0.4, -0.2) is 4.98 Å². The Bertz CT molecular complexity index is 268. The van der Waals surface area contributed by atoms with Crippen LogP contribution in [0, 0.1) is 0 Å². The molecule has 0 aliphatic carbocycles. The van der Waals surface area contributed by atoms with Crippen molar-refractivity contribution in [1.82, 2.24) is 4.98 Å². The molecule has 0 fully saturated rings. The van der Waals surface area contributed by atoms with Crippen LogP contribution in [0.4, 0.5) is 5.00 Å². The van der Waals surface area contributed by atoms with E-state index in [4.69, 9.17) is 5.73 Å². The molecule has 0 saturated carbocycles. The molecule has 13 heavy (non-hydrogen) atoms. The highest BCUT2D eigenvalue weighted by Gasteiger charge is 2.12. The Morgan fingerprint density at radius 3 is 2.69 bits per heavy atom. The van der Waals surface area contributed by atoms with Gasteiger partial charge >= 0.3 is 0 Å². The number of aryl methyl sites for hydroxylation is 1. The maximum Gasteiger partial charge on any atom is 0.110 e. The summed E-state index contributed by atoms with van der Waals surface area (Å²) in [6.07, 6.45) is 3.32. The molecule has 1 aromatic heterocycles. The van der Waals surface area contributed by atoms with Gasteiger partial charge in [-0.05, 0) is 19.3 Å². The fraction of sp³-hybridized carbons (Fsp3) is 0.700. The molecule has 1 heterocycles. The summed E-state index contributed by atoms with van der Waals surface area (Å²) in [5.41, 5.74) is 7.01. The van der Waals surface area contributed by atoms with Crippen LogP contribution in [0.3, 0.4) is 0 Å². The van der Waals surface area contributed by atoms with E-state index in [1.165, 1.54) is 5.01 Å². The lowest BCUT2D eigenvalue weighted by Gasteiger charge is -2.04. The molecule has 0 bridgehead atoms. The molecule has 0 saturated heterocycles. The number of nitrogen functional groups attached to an aromatic ring is 1. The molecule has 0 amide bonds. The lowest BCUT2D eigenvalue weighted by atomic mass is 10.1. The highest BCUT2D eigenvalue weighted by Crippen LogP contribution is 2.29. The highest BCUT2D eigenvalue weighted by molar-refractivity contribution is 7.15. The molecule has 74 valence electrons. The van der Waals surface area contributed by atoms with Crippen molar-refractivity contribution in [2.75, 3.05) is 5.73 Å². The average Bonchev–Trinajstić information content (AvgIpc) is 2.46. The number of nitrogens with two attached hydrogens (primary N) is 1. The molecule has 2 N–H and O–H groups in total. The van der Waals surface area contributed by atoms with Gasteiger partial charge in [0, 0.05) is 5.92 Å². The molecule has 2 nitrogen and oxygen atoms in total. The summed E-state index contributed by atoms with van der Waals surface area (Å²) in [5.74, 6) is 0.502. The first kappa shape index (κ1) is 10.5. The lowest BCUT2D eigenvalue weighted by molar-refractivity contribution is 0.710. The van der Waals surface area contributed by atoms with Crippen molar-refractivity contribution in [1.29, 1.82) is 0 Å². The fourth-order valence-corrected chi connectivity index (χ4v) is 2.31. The number of anilines is 1. The largest absolute Gasteiger partial charge is 0.389 e. The zero-order valence-corrected chi connectivity index (χ0v) is 9.45. The van der Waals surface area contributed by atoms with Gasteiger partial charge in [0.2, 0.25) is 0 Å².